The first kappa shape index (κ1) is 24.5. The van der Waals surface area contributed by atoms with E-state index < -0.39 is 5.41 Å². The second-order valence-corrected chi connectivity index (χ2v) is 8.88. The van der Waals surface area contributed by atoms with Gasteiger partial charge in [0, 0.05) is 47.5 Å². The van der Waals surface area contributed by atoms with E-state index in [4.69, 9.17) is 4.98 Å². The minimum absolute atomic E-state index is 0.279. The summed E-state index contributed by atoms with van der Waals surface area (Å²) < 4.78 is 0. The molecule has 0 bridgehead atoms. The van der Waals surface area contributed by atoms with Crippen LogP contribution in [-0.4, -0.2) is 32.4 Å². The van der Waals surface area contributed by atoms with Gasteiger partial charge in [0.25, 0.3) is 5.91 Å². The van der Waals surface area contributed by atoms with Crippen LogP contribution in [0.2, 0.25) is 0 Å². The van der Waals surface area contributed by atoms with E-state index in [0.717, 1.165) is 34.7 Å². The largest absolute Gasteiger partial charge is 0.370 e. The molecule has 8 heteroatoms. The predicted molar refractivity (Wildman–Crippen MR) is 140 cm³/mol. The van der Waals surface area contributed by atoms with Gasteiger partial charge in [-0.15, -0.1) is 0 Å². The molecular formula is C28H27N7O. The number of carbonyl (C=O) groups is 1. The van der Waals surface area contributed by atoms with Crippen LogP contribution in [0.3, 0.4) is 0 Å². The second kappa shape index (κ2) is 10.3. The molecule has 0 saturated carbocycles. The lowest BCUT2D eigenvalue weighted by Crippen LogP contribution is -2.18. The summed E-state index contributed by atoms with van der Waals surface area (Å²) in [7, 11) is 0. The monoisotopic (exact) mass is 477 g/mol. The maximum Gasteiger partial charge on any atom is 0.255 e. The van der Waals surface area contributed by atoms with Crippen LogP contribution < -0.4 is 10.6 Å². The fraction of sp³-hybridized carbons (Fsp3) is 0.214. The Hall–Kier alpha value is -4.64. The number of hydrogen-bond donors (Lipinski definition) is 2. The molecule has 1 aromatic carbocycles. The van der Waals surface area contributed by atoms with Gasteiger partial charge in [-0.25, -0.2) is 15.0 Å². The first-order valence-electron chi connectivity index (χ1n) is 11.6. The molecule has 0 saturated heterocycles. The molecule has 0 aliphatic rings. The van der Waals surface area contributed by atoms with Crippen molar-refractivity contribution in [1.29, 1.82) is 5.26 Å². The zero-order valence-electron chi connectivity index (χ0n) is 20.7. The summed E-state index contributed by atoms with van der Waals surface area (Å²) >= 11 is 0. The predicted octanol–water partition coefficient (Wildman–Crippen LogP) is 5.39. The molecule has 0 fully saturated rings. The number of anilines is 2. The molecule has 0 unspecified atom stereocenters. The van der Waals surface area contributed by atoms with Crippen LogP contribution in [0.4, 0.5) is 11.5 Å². The lowest BCUT2D eigenvalue weighted by molar-refractivity contribution is 0.102. The molecule has 2 N–H and O–H groups in total. The van der Waals surface area contributed by atoms with Crippen molar-refractivity contribution in [3.63, 3.8) is 0 Å². The van der Waals surface area contributed by atoms with Crippen LogP contribution in [-0.2, 0) is 5.41 Å². The summed E-state index contributed by atoms with van der Waals surface area (Å²) in [5, 5.41) is 15.6. The van der Waals surface area contributed by atoms with E-state index in [1.165, 1.54) is 0 Å². The highest BCUT2D eigenvalue weighted by molar-refractivity contribution is 6.04. The molecule has 0 aliphatic carbocycles. The van der Waals surface area contributed by atoms with Crippen molar-refractivity contribution >= 4 is 17.4 Å². The number of nitrogens with one attached hydrogen (secondary N) is 2. The fourth-order valence-electron chi connectivity index (χ4n) is 3.65. The van der Waals surface area contributed by atoms with Crippen molar-refractivity contribution in [2.24, 2.45) is 0 Å². The van der Waals surface area contributed by atoms with Crippen LogP contribution in [0.5, 0.6) is 0 Å². The van der Waals surface area contributed by atoms with Crippen molar-refractivity contribution in [2.45, 2.75) is 33.1 Å². The van der Waals surface area contributed by atoms with Gasteiger partial charge in [-0.3, -0.25) is 9.78 Å². The fourth-order valence-corrected chi connectivity index (χ4v) is 3.65. The van der Waals surface area contributed by atoms with E-state index in [1.807, 2.05) is 50.2 Å². The van der Waals surface area contributed by atoms with E-state index in [2.05, 4.69) is 31.7 Å². The molecule has 1 amide bonds. The second-order valence-electron chi connectivity index (χ2n) is 8.88. The van der Waals surface area contributed by atoms with Gasteiger partial charge in [0.2, 0.25) is 0 Å². The van der Waals surface area contributed by atoms with Gasteiger partial charge in [0.05, 0.1) is 22.9 Å². The number of carbonyl (C=O) groups excluding carboxylic acids is 1. The number of aromatic nitrogens is 4. The Morgan fingerprint density at radius 2 is 1.78 bits per heavy atom. The zero-order valence-corrected chi connectivity index (χ0v) is 20.7. The molecule has 0 aliphatic heterocycles. The number of hydrogen-bond acceptors (Lipinski definition) is 7. The van der Waals surface area contributed by atoms with Crippen molar-refractivity contribution in [1.82, 2.24) is 19.9 Å². The van der Waals surface area contributed by atoms with Crippen LogP contribution in [0.15, 0.2) is 67.1 Å². The highest BCUT2D eigenvalue weighted by Crippen LogP contribution is 2.28. The van der Waals surface area contributed by atoms with Gasteiger partial charge >= 0.3 is 0 Å². The van der Waals surface area contributed by atoms with E-state index in [9.17, 15) is 10.1 Å². The first-order chi connectivity index (χ1) is 17.3. The van der Waals surface area contributed by atoms with Crippen LogP contribution in [0, 0.1) is 18.3 Å². The summed E-state index contributed by atoms with van der Waals surface area (Å²) in [5.41, 5.74) is 4.34. The molecule has 0 radical (unpaired) electrons. The minimum Gasteiger partial charge on any atom is -0.370 e. The summed E-state index contributed by atoms with van der Waals surface area (Å²) in [6.07, 6.45) is 5.01. The SMILES string of the molecule is CCNc1cc(-c2nccc(-c3cc(NC(=O)c4ccnc(C(C)(C)C#N)c4)ccc3C)n2)ccn1. The van der Waals surface area contributed by atoms with Gasteiger partial charge in [-0.05, 0) is 75.7 Å². The molecular weight excluding hydrogens is 450 g/mol. The third-order valence-electron chi connectivity index (χ3n) is 5.74. The molecule has 180 valence electrons. The maximum atomic E-state index is 13.0. The molecule has 4 aromatic rings. The summed E-state index contributed by atoms with van der Waals surface area (Å²) in [5.74, 6) is 1.08. The Kier molecular flexibility index (Phi) is 7.02. The van der Waals surface area contributed by atoms with Crippen molar-refractivity contribution in [2.75, 3.05) is 17.2 Å². The molecule has 3 heterocycles. The lowest BCUT2D eigenvalue weighted by Gasteiger charge is -2.15. The maximum absolute atomic E-state index is 13.0. The molecule has 4 rings (SSSR count). The molecule has 0 spiro atoms. The molecule has 0 atom stereocenters. The van der Waals surface area contributed by atoms with E-state index in [0.29, 0.717) is 22.8 Å². The highest BCUT2D eigenvalue weighted by atomic mass is 16.1. The number of benzene rings is 1. The number of amides is 1. The van der Waals surface area contributed by atoms with Crippen molar-refractivity contribution in [3.05, 3.63) is 83.9 Å². The van der Waals surface area contributed by atoms with Crippen LogP contribution >= 0.6 is 0 Å². The Balaban J connectivity index is 1.61. The smallest absolute Gasteiger partial charge is 0.255 e. The first-order valence-corrected chi connectivity index (χ1v) is 11.6. The van der Waals surface area contributed by atoms with Crippen molar-refractivity contribution < 1.29 is 4.79 Å². The summed E-state index contributed by atoms with van der Waals surface area (Å²) in [6, 6.07) is 16.8. The standard InChI is InChI=1S/C28H27N7O/c1-5-30-25-15-19(8-12-32-25)26-33-13-10-23(35-26)22-16-21(7-6-18(22)2)34-27(36)20-9-11-31-24(14-20)28(3,4)17-29/h6-16H,5H2,1-4H3,(H,30,32)(H,34,36). The highest BCUT2D eigenvalue weighted by Gasteiger charge is 2.22. The normalized spacial score (nSPS) is 11.0. The average Bonchev–Trinajstić information content (AvgIpc) is 2.90. The van der Waals surface area contributed by atoms with E-state index >= 15 is 0 Å². The Morgan fingerprint density at radius 1 is 1.00 bits per heavy atom. The third kappa shape index (κ3) is 5.36. The molecule has 8 nitrogen and oxygen atoms in total. The van der Waals surface area contributed by atoms with Gasteiger partial charge in [0.1, 0.15) is 5.82 Å². The van der Waals surface area contributed by atoms with Gasteiger partial charge in [-0.2, -0.15) is 5.26 Å². The minimum atomic E-state index is -0.791. The van der Waals surface area contributed by atoms with E-state index in [1.54, 1.807) is 44.6 Å². The van der Waals surface area contributed by atoms with Gasteiger partial charge < -0.3 is 10.6 Å². The number of rotatable bonds is 7. The van der Waals surface area contributed by atoms with E-state index in [-0.39, 0.29) is 5.91 Å². The zero-order chi connectivity index (χ0) is 25.7. The Labute approximate surface area is 210 Å². The Bertz CT molecular complexity index is 1460. The number of pyridine rings is 2. The summed E-state index contributed by atoms with van der Waals surface area (Å²) in [4.78, 5) is 30.8. The van der Waals surface area contributed by atoms with Crippen LogP contribution in [0.1, 0.15) is 42.4 Å². The number of aryl methyl sites for hydroxylation is 1. The summed E-state index contributed by atoms with van der Waals surface area (Å²) in [6.45, 7) is 8.32. The quantitative estimate of drug-likeness (QED) is 0.366. The molecule has 3 aromatic heterocycles. The lowest BCUT2D eigenvalue weighted by atomic mass is 9.90. The van der Waals surface area contributed by atoms with Crippen LogP contribution in [0.25, 0.3) is 22.6 Å². The molecule has 36 heavy (non-hydrogen) atoms. The van der Waals surface area contributed by atoms with Gasteiger partial charge in [0.15, 0.2) is 5.82 Å². The number of nitriles is 1. The topological polar surface area (TPSA) is 116 Å². The third-order valence-corrected chi connectivity index (χ3v) is 5.74. The van der Waals surface area contributed by atoms with Crippen molar-refractivity contribution in [3.8, 4) is 28.7 Å². The number of nitrogens with zero attached hydrogens (tertiary/aromatic N) is 5. The Morgan fingerprint density at radius 3 is 2.56 bits per heavy atom. The van der Waals surface area contributed by atoms with Gasteiger partial charge in [-0.1, -0.05) is 6.07 Å². The average molecular weight is 478 g/mol.